The molecule has 0 saturated heterocycles. The van der Waals surface area contributed by atoms with Crippen LogP contribution in [-0.2, 0) is 19.3 Å². The first kappa shape index (κ1) is 16.5. The van der Waals surface area contributed by atoms with Gasteiger partial charge in [-0.1, -0.05) is 0 Å². The predicted molar refractivity (Wildman–Crippen MR) is 46.6 cm³/mol. The molecule has 4 N–H and O–H groups in total. The first-order valence-corrected chi connectivity index (χ1v) is 3.33. The van der Waals surface area contributed by atoms with Crippen LogP contribution in [0.3, 0.4) is 0 Å². The normalized spacial score (nSPS) is 10.2. The second-order valence-electron chi connectivity index (χ2n) is 2.53. The summed E-state index contributed by atoms with van der Waals surface area (Å²) >= 11 is 0. The molecule has 9 heteroatoms. The summed E-state index contributed by atoms with van der Waals surface area (Å²) in [6.45, 7) is 0. The largest absolute Gasteiger partial charge is 2.00 e. The van der Waals surface area contributed by atoms with Crippen molar-refractivity contribution >= 4 is 41.0 Å². The van der Waals surface area contributed by atoms with Gasteiger partial charge >= 0.3 is 41.0 Å². The van der Waals surface area contributed by atoms with Gasteiger partial charge in [-0.25, -0.2) is 9.68 Å². The second-order valence-corrected chi connectivity index (χ2v) is 2.53. The van der Waals surface area contributed by atoms with Crippen molar-refractivity contribution in [3.05, 3.63) is 0 Å². The molecule has 8 nitrogen and oxygen atoms in total. The molecule has 0 spiro atoms. The van der Waals surface area contributed by atoms with Gasteiger partial charge in [0.2, 0.25) is 5.60 Å². The van der Waals surface area contributed by atoms with Gasteiger partial charge in [-0.15, -0.1) is 0 Å². The SMILES string of the molecule is O=C(O)CC(CC(=O)O)(OO)C(=O)O.[H-].[H-].[Mg+2]. The Bertz CT molecular complexity index is 255. The quantitative estimate of drug-likeness (QED) is 0.263. The maximum Gasteiger partial charge on any atom is 2.00 e. The van der Waals surface area contributed by atoms with Crippen LogP contribution in [0.5, 0.6) is 0 Å². The zero-order valence-corrected chi connectivity index (χ0v) is 8.96. The molecule has 84 valence electrons. The van der Waals surface area contributed by atoms with E-state index in [-0.39, 0.29) is 25.9 Å². The van der Waals surface area contributed by atoms with Crippen molar-refractivity contribution in [1.29, 1.82) is 0 Å². The molecule has 0 fully saturated rings. The molecule has 0 aliphatic heterocycles. The Kier molecular flexibility index (Phi) is 7.22. The molecule has 0 aliphatic carbocycles. The third-order valence-electron chi connectivity index (χ3n) is 1.44. The van der Waals surface area contributed by atoms with E-state index in [1.807, 2.05) is 0 Å². The average molecular weight is 234 g/mol. The van der Waals surface area contributed by atoms with E-state index in [2.05, 4.69) is 4.89 Å². The van der Waals surface area contributed by atoms with Crippen molar-refractivity contribution in [3.63, 3.8) is 0 Å². The molecule has 0 atom stereocenters. The summed E-state index contributed by atoms with van der Waals surface area (Å²) in [5.74, 6) is -5.05. The minimum Gasteiger partial charge on any atom is -1.00 e. The fourth-order valence-electron chi connectivity index (χ4n) is 0.806. The van der Waals surface area contributed by atoms with Crippen LogP contribution in [0.25, 0.3) is 0 Å². The van der Waals surface area contributed by atoms with Gasteiger partial charge in [-0.3, -0.25) is 14.8 Å². The van der Waals surface area contributed by atoms with E-state index < -0.39 is 36.4 Å². The molecule has 0 saturated carbocycles. The summed E-state index contributed by atoms with van der Waals surface area (Å²) in [5, 5.41) is 33.3. The monoisotopic (exact) mass is 234 g/mol. The first-order chi connectivity index (χ1) is 6.34. The third-order valence-corrected chi connectivity index (χ3v) is 1.44. The number of carboxylic acids is 3. The molecule has 15 heavy (non-hydrogen) atoms. The molecule has 0 bridgehead atoms. The number of hydrogen-bond donors (Lipinski definition) is 4. The van der Waals surface area contributed by atoms with E-state index in [0.717, 1.165) is 0 Å². The zero-order chi connectivity index (χ0) is 11.4. The Labute approximate surface area is 103 Å². The van der Waals surface area contributed by atoms with Crippen LogP contribution in [0.1, 0.15) is 15.7 Å². The number of hydrogen-bond acceptors (Lipinski definition) is 5. The van der Waals surface area contributed by atoms with Gasteiger partial charge in [0.1, 0.15) is 0 Å². The summed E-state index contributed by atoms with van der Waals surface area (Å²) in [4.78, 5) is 34.4. The van der Waals surface area contributed by atoms with Crippen LogP contribution in [0.4, 0.5) is 0 Å². The van der Waals surface area contributed by atoms with Gasteiger partial charge < -0.3 is 18.2 Å². The van der Waals surface area contributed by atoms with Gasteiger partial charge in [0.05, 0.1) is 12.8 Å². The Morgan fingerprint density at radius 1 is 1.07 bits per heavy atom. The van der Waals surface area contributed by atoms with E-state index in [9.17, 15) is 14.4 Å². The van der Waals surface area contributed by atoms with Crippen molar-refractivity contribution in [2.24, 2.45) is 0 Å². The van der Waals surface area contributed by atoms with Gasteiger partial charge in [0.15, 0.2) is 0 Å². The minimum atomic E-state index is -2.64. The van der Waals surface area contributed by atoms with Crippen LogP contribution >= 0.6 is 0 Å². The summed E-state index contributed by atoms with van der Waals surface area (Å²) in [5.41, 5.74) is -2.64. The first-order valence-electron chi connectivity index (χ1n) is 3.33. The topological polar surface area (TPSA) is 141 Å². The van der Waals surface area contributed by atoms with Gasteiger partial charge in [0, 0.05) is 0 Å². The molecule has 0 rings (SSSR count). The van der Waals surface area contributed by atoms with Crippen molar-refractivity contribution in [2.75, 3.05) is 0 Å². The maximum atomic E-state index is 10.5. The molecule has 0 aromatic rings. The van der Waals surface area contributed by atoms with Crippen LogP contribution < -0.4 is 0 Å². The third kappa shape index (κ3) is 4.92. The fourth-order valence-corrected chi connectivity index (χ4v) is 0.806. The summed E-state index contributed by atoms with van der Waals surface area (Å²) in [6, 6.07) is 0. The molecule has 0 aromatic carbocycles. The smallest absolute Gasteiger partial charge is 1.00 e. The Morgan fingerprint density at radius 3 is 1.53 bits per heavy atom. The van der Waals surface area contributed by atoms with E-state index >= 15 is 0 Å². The number of carbonyl (C=O) groups is 3. The van der Waals surface area contributed by atoms with Crippen LogP contribution in [0.2, 0.25) is 0 Å². The molecule has 0 amide bonds. The van der Waals surface area contributed by atoms with Crippen molar-refractivity contribution in [2.45, 2.75) is 18.4 Å². The molecule has 0 aromatic heterocycles. The zero-order valence-electron chi connectivity index (χ0n) is 9.54. The van der Waals surface area contributed by atoms with E-state index in [1.165, 1.54) is 0 Å². The summed E-state index contributed by atoms with van der Waals surface area (Å²) in [7, 11) is 0. The van der Waals surface area contributed by atoms with Crippen molar-refractivity contribution < 1.29 is 42.7 Å². The number of aliphatic carboxylic acids is 3. The van der Waals surface area contributed by atoms with Crippen LogP contribution in [0, 0.1) is 0 Å². The molecule has 0 radical (unpaired) electrons. The van der Waals surface area contributed by atoms with Gasteiger partial charge in [-0.2, -0.15) is 0 Å². The minimum absolute atomic E-state index is 0. The Balaban J connectivity index is -0.000000282. The predicted octanol–water partition coefficient (Wildman–Crippen LogP) is -0.907. The maximum absolute atomic E-state index is 10.5. The van der Waals surface area contributed by atoms with Crippen LogP contribution in [-0.4, -0.2) is 67.1 Å². The fraction of sp³-hybridized carbons (Fsp3) is 0.500. The van der Waals surface area contributed by atoms with Crippen molar-refractivity contribution in [3.8, 4) is 0 Å². The average Bonchev–Trinajstić information content (AvgIpc) is 2.00. The standard InChI is InChI=1S/C6H8O8.Mg.2H/c7-3(8)1-6(14-13,5(11)12)2-4(9)10;;;/h13H,1-2H2,(H,7,8)(H,9,10)(H,11,12);;;/q;+2;2*-1. The molecule has 0 aliphatic rings. The van der Waals surface area contributed by atoms with Crippen molar-refractivity contribution in [1.82, 2.24) is 0 Å². The number of carboxylic acid groups (broad SMARTS) is 3. The molecular weight excluding hydrogens is 224 g/mol. The molecule has 0 unspecified atom stereocenters. The van der Waals surface area contributed by atoms with E-state index in [4.69, 9.17) is 20.6 Å². The Morgan fingerprint density at radius 2 is 1.40 bits per heavy atom. The second kappa shape index (κ2) is 6.56. The van der Waals surface area contributed by atoms with E-state index in [0.29, 0.717) is 0 Å². The van der Waals surface area contributed by atoms with Crippen LogP contribution in [0.15, 0.2) is 0 Å². The Hall–Kier alpha value is -0.904. The summed E-state index contributed by atoms with van der Waals surface area (Å²) < 4.78 is 0. The molecule has 0 heterocycles. The van der Waals surface area contributed by atoms with Gasteiger partial charge in [-0.05, 0) is 0 Å². The van der Waals surface area contributed by atoms with Gasteiger partial charge in [0.25, 0.3) is 0 Å². The summed E-state index contributed by atoms with van der Waals surface area (Å²) in [6.07, 6.45) is -2.30. The molecular formula is C6H10MgO8. The number of rotatable bonds is 6. The van der Waals surface area contributed by atoms with E-state index in [1.54, 1.807) is 0 Å².